The number of ether oxygens (including phenoxy) is 1. The van der Waals surface area contributed by atoms with E-state index in [1.165, 1.54) is 36.0 Å². The number of carboxylic acids is 2. The van der Waals surface area contributed by atoms with Gasteiger partial charge in [-0.25, -0.2) is 19.2 Å². The van der Waals surface area contributed by atoms with Crippen molar-refractivity contribution in [3.05, 3.63) is 46.2 Å². The average molecular weight is 462 g/mol. The zero-order chi connectivity index (χ0) is 24.5. The molecule has 180 valence electrons. The summed E-state index contributed by atoms with van der Waals surface area (Å²) in [6, 6.07) is 6.13. The molecule has 1 aliphatic heterocycles. The molecule has 1 aromatic carbocycles. The van der Waals surface area contributed by atoms with Gasteiger partial charge in [0.05, 0.1) is 18.2 Å². The first-order chi connectivity index (χ1) is 15.6. The molecule has 3 rings (SSSR count). The van der Waals surface area contributed by atoms with Crippen LogP contribution in [0.4, 0.5) is 4.79 Å². The van der Waals surface area contributed by atoms with Gasteiger partial charge in [0.2, 0.25) is 0 Å². The van der Waals surface area contributed by atoms with E-state index in [9.17, 15) is 9.59 Å². The van der Waals surface area contributed by atoms with Gasteiger partial charge < -0.3 is 30.9 Å². The van der Waals surface area contributed by atoms with E-state index in [1.807, 2.05) is 0 Å². The number of urea groups is 1. The lowest BCUT2D eigenvalue weighted by Gasteiger charge is -2.28. The molecule has 2 amide bonds. The van der Waals surface area contributed by atoms with Gasteiger partial charge in [-0.05, 0) is 63.1 Å². The number of aliphatic carboxylic acids is 2. The summed E-state index contributed by atoms with van der Waals surface area (Å²) in [5.74, 6) is -4.04. The number of benzene rings is 1. The second-order valence-corrected chi connectivity index (χ2v) is 7.88. The molecule has 2 aliphatic rings. The molecule has 0 saturated heterocycles. The van der Waals surface area contributed by atoms with Gasteiger partial charge >= 0.3 is 23.9 Å². The normalized spacial score (nSPS) is 18.0. The van der Waals surface area contributed by atoms with Crippen LogP contribution in [-0.4, -0.2) is 53.3 Å². The van der Waals surface area contributed by atoms with E-state index in [0.717, 1.165) is 6.42 Å². The molecule has 1 aliphatic carbocycles. The summed E-state index contributed by atoms with van der Waals surface area (Å²) in [4.78, 5) is 42.3. The van der Waals surface area contributed by atoms with Crippen LogP contribution in [-0.2, 0) is 32.0 Å². The van der Waals surface area contributed by atoms with E-state index in [1.54, 1.807) is 13.8 Å². The molecule has 1 heterocycles. The van der Waals surface area contributed by atoms with E-state index >= 15 is 0 Å². The maximum absolute atomic E-state index is 12.3. The fraction of sp³-hybridized carbons (Fsp3) is 0.478. The topological polar surface area (TPSA) is 154 Å². The van der Waals surface area contributed by atoms with Gasteiger partial charge in [-0.2, -0.15) is 0 Å². The van der Waals surface area contributed by atoms with Gasteiger partial charge in [-0.3, -0.25) is 0 Å². The molecule has 1 aromatic rings. The minimum atomic E-state index is -1.82. The number of carboxylic acid groups (broad SMARTS) is 2. The van der Waals surface area contributed by atoms with E-state index in [2.05, 4.69) is 41.1 Å². The van der Waals surface area contributed by atoms with Crippen molar-refractivity contribution >= 4 is 23.9 Å². The first kappa shape index (κ1) is 25.9. The largest absolute Gasteiger partial charge is 0.473 e. The first-order valence-corrected chi connectivity index (χ1v) is 10.9. The molecular formula is C23H31N3O7. The molecule has 10 heteroatoms. The Hall–Kier alpha value is -3.40. The molecular weight excluding hydrogens is 430 g/mol. The molecule has 5 N–H and O–H groups in total. The fourth-order valence-corrected chi connectivity index (χ4v) is 3.81. The summed E-state index contributed by atoms with van der Waals surface area (Å²) in [6.07, 6.45) is 4.85. The van der Waals surface area contributed by atoms with Crippen LogP contribution in [0.2, 0.25) is 0 Å². The number of aryl methyl sites for hydroxylation is 2. The van der Waals surface area contributed by atoms with Crippen molar-refractivity contribution in [3.8, 4) is 0 Å². The van der Waals surface area contributed by atoms with E-state index in [-0.39, 0.29) is 18.1 Å². The summed E-state index contributed by atoms with van der Waals surface area (Å²) in [6.45, 7) is 6.35. The summed E-state index contributed by atoms with van der Waals surface area (Å²) < 4.78 is 5.16. The lowest BCUT2D eigenvalue weighted by Crippen LogP contribution is -2.51. The zero-order valence-electron chi connectivity index (χ0n) is 19.1. The van der Waals surface area contributed by atoms with Crippen LogP contribution in [0.3, 0.4) is 0 Å². The number of amides is 2. The van der Waals surface area contributed by atoms with E-state index in [4.69, 9.17) is 24.5 Å². The van der Waals surface area contributed by atoms with Crippen molar-refractivity contribution in [2.24, 2.45) is 0 Å². The molecule has 2 unspecified atom stereocenters. The highest BCUT2D eigenvalue weighted by atomic mass is 16.5. The molecule has 0 fully saturated rings. The van der Waals surface area contributed by atoms with Crippen LogP contribution >= 0.6 is 0 Å². The second kappa shape index (κ2) is 12.0. The van der Waals surface area contributed by atoms with Gasteiger partial charge in [-0.15, -0.1) is 0 Å². The average Bonchev–Trinajstić information content (AvgIpc) is 2.77. The molecule has 10 nitrogen and oxygen atoms in total. The van der Waals surface area contributed by atoms with Crippen LogP contribution in [0.1, 0.15) is 56.3 Å². The third-order valence-corrected chi connectivity index (χ3v) is 5.51. The van der Waals surface area contributed by atoms with Crippen LogP contribution in [0, 0.1) is 0 Å². The number of hydrogen-bond acceptors (Lipinski definition) is 6. The Kier molecular flexibility index (Phi) is 9.41. The molecule has 33 heavy (non-hydrogen) atoms. The molecule has 0 radical (unpaired) electrons. The number of hydrogen-bond donors (Lipinski definition) is 5. The molecule has 0 bridgehead atoms. The summed E-state index contributed by atoms with van der Waals surface area (Å²) >= 11 is 0. The van der Waals surface area contributed by atoms with Crippen molar-refractivity contribution in [2.45, 2.75) is 58.5 Å². The Bertz CT molecular complexity index is 930. The fourth-order valence-electron chi connectivity index (χ4n) is 3.81. The summed E-state index contributed by atoms with van der Waals surface area (Å²) in [5, 5.41) is 23.7. The minimum Gasteiger partial charge on any atom is -0.473 e. The quantitative estimate of drug-likeness (QED) is 0.318. The molecule has 0 aromatic heterocycles. The maximum atomic E-state index is 12.3. The third-order valence-electron chi connectivity index (χ3n) is 5.51. The Morgan fingerprint density at radius 3 is 2.39 bits per heavy atom. The molecule has 0 spiro atoms. The maximum Gasteiger partial charge on any atom is 0.414 e. The Morgan fingerprint density at radius 1 is 1.15 bits per heavy atom. The number of fused-ring (bicyclic) bond motifs is 1. The highest BCUT2D eigenvalue weighted by molar-refractivity contribution is 6.27. The molecule has 2 atom stereocenters. The standard InChI is InChI=1S/C21H29N3O3.C2H2O4/c1-4-27-20(25)19-14(3)23-21(26)24-18(19)12-22-13(2)16-10-9-15-7-5-6-8-17(15)11-16;3-1(4)2(5)6/h9-11,13-14,22H,4-8,12H2,1-3H3,(H2,23,24,26);(H,3,4)(H,5,6). The lowest BCUT2D eigenvalue weighted by molar-refractivity contribution is -0.159. The third kappa shape index (κ3) is 7.31. The summed E-state index contributed by atoms with van der Waals surface area (Å²) in [5.41, 5.74) is 5.19. The Morgan fingerprint density at radius 2 is 1.79 bits per heavy atom. The molecule has 0 saturated carbocycles. The van der Waals surface area contributed by atoms with Crippen molar-refractivity contribution < 1.29 is 34.1 Å². The van der Waals surface area contributed by atoms with Crippen molar-refractivity contribution in [1.29, 1.82) is 0 Å². The second-order valence-electron chi connectivity index (χ2n) is 7.88. The van der Waals surface area contributed by atoms with Gasteiger partial charge in [0.25, 0.3) is 0 Å². The zero-order valence-corrected chi connectivity index (χ0v) is 19.1. The van der Waals surface area contributed by atoms with Gasteiger partial charge in [0.15, 0.2) is 0 Å². The van der Waals surface area contributed by atoms with Crippen molar-refractivity contribution in [3.63, 3.8) is 0 Å². The van der Waals surface area contributed by atoms with Crippen LogP contribution in [0.25, 0.3) is 0 Å². The van der Waals surface area contributed by atoms with Gasteiger partial charge in [0, 0.05) is 18.3 Å². The minimum absolute atomic E-state index is 0.107. The number of carbonyl (C=O) groups excluding carboxylic acids is 2. The number of rotatable bonds is 6. The van der Waals surface area contributed by atoms with Crippen LogP contribution < -0.4 is 16.0 Å². The van der Waals surface area contributed by atoms with Gasteiger partial charge in [0.1, 0.15) is 0 Å². The van der Waals surface area contributed by atoms with Gasteiger partial charge in [-0.1, -0.05) is 18.2 Å². The van der Waals surface area contributed by atoms with Crippen LogP contribution in [0.5, 0.6) is 0 Å². The lowest BCUT2D eigenvalue weighted by atomic mass is 9.89. The van der Waals surface area contributed by atoms with E-state index in [0.29, 0.717) is 24.4 Å². The first-order valence-electron chi connectivity index (χ1n) is 10.9. The SMILES string of the molecule is CCOC(=O)C1=C(CNC(C)c2ccc3c(c2)CCCC3)NC(=O)NC1C.O=C(O)C(=O)O. The Labute approximate surface area is 192 Å². The smallest absolute Gasteiger partial charge is 0.414 e. The van der Waals surface area contributed by atoms with Crippen molar-refractivity contribution in [1.82, 2.24) is 16.0 Å². The number of esters is 1. The highest BCUT2D eigenvalue weighted by Gasteiger charge is 2.29. The van der Waals surface area contributed by atoms with Crippen LogP contribution in [0.15, 0.2) is 29.5 Å². The van der Waals surface area contributed by atoms with E-state index < -0.39 is 17.9 Å². The van der Waals surface area contributed by atoms with Crippen molar-refractivity contribution in [2.75, 3.05) is 13.2 Å². The Balaban J connectivity index is 0.000000569. The highest BCUT2D eigenvalue weighted by Crippen LogP contribution is 2.25. The summed E-state index contributed by atoms with van der Waals surface area (Å²) in [7, 11) is 0. The number of carbonyl (C=O) groups is 4. The number of nitrogens with one attached hydrogen (secondary N) is 3. The monoisotopic (exact) mass is 461 g/mol. The predicted molar refractivity (Wildman–Crippen MR) is 120 cm³/mol. The predicted octanol–water partition coefficient (Wildman–Crippen LogP) is 1.89.